The Morgan fingerprint density at radius 1 is 0.963 bits per heavy atom. The minimum absolute atomic E-state index is 0.177. The normalized spacial score (nSPS) is 12.1. The van der Waals surface area contributed by atoms with Crippen LogP contribution >= 0.6 is 0 Å². The number of methoxy groups -OCH3 is 1. The summed E-state index contributed by atoms with van der Waals surface area (Å²) < 4.78 is 10.3. The summed E-state index contributed by atoms with van der Waals surface area (Å²) in [6.07, 6.45) is 0.265. The molecule has 0 aromatic heterocycles. The number of hydrogen-bond donors (Lipinski definition) is 1. The lowest BCUT2D eigenvalue weighted by molar-refractivity contribution is -0.150. The average molecular weight is 369 g/mol. The Morgan fingerprint density at radius 2 is 1.56 bits per heavy atom. The quantitative estimate of drug-likeness (QED) is 0.752. The molecule has 0 aliphatic carbocycles. The first kappa shape index (κ1) is 20.5. The molecular formula is C22H27NO4. The first-order valence-electron chi connectivity index (χ1n) is 8.92. The first-order valence-corrected chi connectivity index (χ1v) is 8.92. The third kappa shape index (κ3) is 6.77. The first-order chi connectivity index (χ1) is 12.8. The van der Waals surface area contributed by atoms with E-state index >= 15 is 0 Å². The Labute approximate surface area is 160 Å². The molecule has 0 aliphatic heterocycles. The number of hydrogen-bond acceptors (Lipinski definition) is 4. The number of amides is 1. The number of rotatable bonds is 7. The second-order valence-electron chi connectivity index (χ2n) is 7.58. The summed E-state index contributed by atoms with van der Waals surface area (Å²) in [6.45, 7) is 5.55. The highest BCUT2D eigenvalue weighted by molar-refractivity contribution is 5.81. The molecular weight excluding hydrogens is 342 g/mol. The molecule has 2 aromatic rings. The molecule has 5 heteroatoms. The highest BCUT2D eigenvalue weighted by Crippen LogP contribution is 2.24. The Morgan fingerprint density at radius 3 is 2.11 bits per heavy atom. The molecule has 0 saturated carbocycles. The van der Waals surface area contributed by atoms with Gasteiger partial charge in [-0.15, -0.1) is 0 Å². The number of carbonyl (C=O) groups excluding carboxylic acids is 2. The highest BCUT2D eigenvalue weighted by Gasteiger charge is 2.20. The zero-order valence-corrected chi connectivity index (χ0v) is 16.3. The third-order valence-electron chi connectivity index (χ3n) is 3.93. The van der Waals surface area contributed by atoms with E-state index in [-0.39, 0.29) is 36.4 Å². The monoisotopic (exact) mass is 369 g/mol. The van der Waals surface area contributed by atoms with Gasteiger partial charge in [0.1, 0.15) is 5.75 Å². The largest absolute Gasteiger partial charge is 0.497 e. The lowest BCUT2D eigenvalue weighted by Gasteiger charge is -2.21. The second kappa shape index (κ2) is 9.21. The smallest absolute Gasteiger partial charge is 0.306 e. The van der Waals surface area contributed by atoms with E-state index in [0.29, 0.717) is 0 Å². The maximum absolute atomic E-state index is 12.4. The van der Waals surface area contributed by atoms with Crippen LogP contribution in [0.2, 0.25) is 0 Å². The molecule has 2 rings (SSSR count). The van der Waals surface area contributed by atoms with Crippen LogP contribution in [-0.2, 0) is 14.3 Å². The van der Waals surface area contributed by atoms with E-state index in [1.165, 1.54) is 0 Å². The van der Waals surface area contributed by atoms with Gasteiger partial charge in [0, 0.05) is 0 Å². The van der Waals surface area contributed by atoms with Crippen molar-refractivity contribution in [3.05, 3.63) is 65.7 Å². The number of benzene rings is 2. The van der Waals surface area contributed by atoms with Crippen molar-refractivity contribution in [2.45, 2.75) is 33.2 Å². The highest BCUT2D eigenvalue weighted by atomic mass is 16.5. The van der Waals surface area contributed by atoms with Crippen LogP contribution in [0.4, 0.5) is 0 Å². The molecule has 2 aromatic carbocycles. The van der Waals surface area contributed by atoms with Crippen molar-refractivity contribution in [2.24, 2.45) is 5.41 Å². The topological polar surface area (TPSA) is 64.6 Å². The summed E-state index contributed by atoms with van der Waals surface area (Å²) in [5, 5.41) is 2.95. The van der Waals surface area contributed by atoms with E-state index in [1.54, 1.807) is 7.11 Å². The van der Waals surface area contributed by atoms with E-state index in [2.05, 4.69) is 5.32 Å². The van der Waals surface area contributed by atoms with Crippen molar-refractivity contribution >= 4 is 11.9 Å². The van der Waals surface area contributed by atoms with E-state index in [4.69, 9.17) is 9.47 Å². The summed E-state index contributed by atoms with van der Waals surface area (Å²) >= 11 is 0. The van der Waals surface area contributed by atoms with Crippen molar-refractivity contribution in [1.82, 2.24) is 5.32 Å². The predicted octanol–water partition coefficient (Wildman–Crippen LogP) is 3.88. The second-order valence-corrected chi connectivity index (χ2v) is 7.58. The van der Waals surface area contributed by atoms with Crippen LogP contribution in [0, 0.1) is 5.41 Å². The molecule has 27 heavy (non-hydrogen) atoms. The van der Waals surface area contributed by atoms with Gasteiger partial charge in [0.15, 0.2) is 6.61 Å². The van der Waals surface area contributed by atoms with Crippen molar-refractivity contribution in [1.29, 1.82) is 0 Å². The maximum Gasteiger partial charge on any atom is 0.306 e. The van der Waals surface area contributed by atoms with Crippen LogP contribution in [0.15, 0.2) is 54.6 Å². The van der Waals surface area contributed by atoms with Crippen LogP contribution in [-0.4, -0.2) is 25.6 Å². The van der Waals surface area contributed by atoms with Gasteiger partial charge >= 0.3 is 5.97 Å². The Kier molecular flexibility index (Phi) is 6.99. The van der Waals surface area contributed by atoms with Crippen molar-refractivity contribution in [3.63, 3.8) is 0 Å². The van der Waals surface area contributed by atoms with Gasteiger partial charge in [-0.3, -0.25) is 9.59 Å². The fraction of sp³-hybridized carbons (Fsp3) is 0.364. The molecule has 0 fully saturated rings. The molecule has 144 valence electrons. The number of carbonyl (C=O) groups is 2. The van der Waals surface area contributed by atoms with E-state index in [9.17, 15) is 9.59 Å². The average Bonchev–Trinajstić information content (AvgIpc) is 2.64. The van der Waals surface area contributed by atoms with Gasteiger partial charge in [-0.25, -0.2) is 0 Å². The van der Waals surface area contributed by atoms with Crippen molar-refractivity contribution in [3.8, 4) is 5.75 Å². The minimum atomic E-state index is -0.377. The number of esters is 1. The van der Waals surface area contributed by atoms with Gasteiger partial charge in [-0.05, 0) is 28.7 Å². The third-order valence-corrected chi connectivity index (χ3v) is 3.93. The molecule has 1 amide bonds. The Bertz CT molecular complexity index is 748. The van der Waals surface area contributed by atoms with Gasteiger partial charge in [0.2, 0.25) is 0 Å². The Hall–Kier alpha value is -2.82. The van der Waals surface area contributed by atoms with Gasteiger partial charge in [0.05, 0.1) is 19.6 Å². The standard InChI is InChI=1S/C22H27NO4/c1-22(2,3)14-20(25)27-15-19(24)23-21(16-8-6-5-7-9-16)17-10-12-18(26-4)13-11-17/h5-13,21H,14-15H2,1-4H3,(H,23,24)/t21-/m0/s1. The minimum Gasteiger partial charge on any atom is -0.497 e. The summed E-state index contributed by atoms with van der Waals surface area (Å²) in [4.78, 5) is 24.2. The van der Waals surface area contributed by atoms with Crippen molar-refractivity contribution in [2.75, 3.05) is 13.7 Å². The summed E-state index contributed by atoms with van der Waals surface area (Å²) in [7, 11) is 1.61. The molecule has 0 bridgehead atoms. The molecule has 0 aliphatic rings. The summed E-state index contributed by atoms with van der Waals surface area (Å²) in [6, 6.07) is 16.8. The lowest BCUT2D eigenvalue weighted by atomic mass is 9.92. The predicted molar refractivity (Wildman–Crippen MR) is 104 cm³/mol. The molecule has 0 unspecified atom stereocenters. The van der Waals surface area contributed by atoms with Gasteiger partial charge in [-0.2, -0.15) is 0 Å². The Balaban J connectivity index is 2.08. The van der Waals surface area contributed by atoms with Crippen LogP contribution in [0.1, 0.15) is 44.4 Å². The van der Waals surface area contributed by atoms with E-state index in [0.717, 1.165) is 16.9 Å². The van der Waals surface area contributed by atoms with E-state index in [1.807, 2.05) is 75.4 Å². The SMILES string of the molecule is COc1ccc([C@@H](NC(=O)COC(=O)CC(C)(C)C)c2ccccc2)cc1. The molecule has 0 heterocycles. The zero-order chi connectivity index (χ0) is 19.9. The number of nitrogens with one attached hydrogen (secondary N) is 1. The fourth-order valence-electron chi connectivity index (χ4n) is 2.63. The fourth-order valence-corrected chi connectivity index (χ4v) is 2.63. The number of ether oxygens (including phenoxy) is 2. The van der Waals surface area contributed by atoms with Crippen LogP contribution in [0.5, 0.6) is 5.75 Å². The zero-order valence-electron chi connectivity index (χ0n) is 16.3. The van der Waals surface area contributed by atoms with Crippen molar-refractivity contribution < 1.29 is 19.1 Å². The lowest BCUT2D eigenvalue weighted by Crippen LogP contribution is -2.33. The summed E-state index contributed by atoms with van der Waals surface area (Å²) in [5.74, 6) is 0.0216. The van der Waals surface area contributed by atoms with Crippen LogP contribution in [0.25, 0.3) is 0 Å². The summed E-state index contributed by atoms with van der Waals surface area (Å²) in [5.41, 5.74) is 1.68. The molecule has 5 nitrogen and oxygen atoms in total. The molecule has 0 radical (unpaired) electrons. The van der Waals surface area contributed by atoms with Crippen LogP contribution in [0.3, 0.4) is 0 Å². The van der Waals surface area contributed by atoms with Crippen LogP contribution < -0.4 is 10.1 Å². The maximum atomic E-state index is 12.4. The molecule has 1 N–H and O–H groups in total. The molecule has 0 saturated heterocycles. The molecule has 1 atom stereocenters. The van der Waals surface area contributed by atoms with Gasteiger partial charge in [0.25, 0.3) is 5.91 Å². The molecule has 0 spiro atoms. The van der Waals surface area contributed by atoms with Gasteiger partial charge in [-0.1, -0.05) is 63.2 Å². The van der Waals surface area contributed by atoms with E-state index < -0.39 is 0 Å². The van der Waals surface area contributed by atoms with Gasteiger partial charge < -0.3 is 14.8 Å².